The van der Waals surface area contributed by atoms with Crippen LogP contribution < -0.4 is 9.47 Å². The minimum absolute atomic E-state index is 0. The maximum absolute atomic E-state index is 5.34. The van der Waals surface area contributed by atoms with Crippen LogP contribution in [0.4, 0.5) is 0 Å². The number of methoxy groups -OCH3 is 2. The zero-order chi connectivity index (χ0) is 11.7. The van der Waals surface area contributed by atoms with Crippen molar-refractivity contribution in [1.29, 1.82) is 0 Å². The first kappa shape index (κ1) is 17.2. The molecule has 1 aromatic rings. The summed E-state index contributed by atoms with van der Waals surface area (Å²) in [5.41, 5.74) is 2.73. The van der Waals surface area contributed by atoms with Crippen LogP contribution in [0.3, 0.4) is 0 Å². The van der Waals surface area contributed by atoms with Crippen molar-refractivity contribution in [2.75, 3.05) is 27.8 Å². The minimum Gasteiger partial charge on any atom is -0.493 e. The Hall–Kier alpha value is -0.780. The van der Waals surface area contributed by atoms with Crippen LogP contribution in [0, 0.1) is 0 Å². The van der Waals surface area contributed by atoms with Crippen molar-refractivity contribution < 1.29 is 14.9 Å². The zero-order valence-corrected chi connectivity index (χ0v) is 13.0. The number of nitrogens with zero attached hydrogens (tertiary/aromatic N) is 1. The number of benzene rings is 1. The van der Waals surface area contributed by atoms with Gasteiger partial charge in [0.2, 0.25) is 0 Å². The summed E-state index contributed by atoms with van der Waals surface area (Å²) >= 11 is 0. The van der Waals surface area contributed by atoms with Crippen LogP contribution in [0.5, 0.6) is 11.5 Å². The average Bonchev–Trinajstić information content (AvgIpc) is 2.32. The van der Waals surface area contributed by atoms with Gasteiger partial charge in [0.15, 0.2) is 11.5 Å². The molecule has 1 atom stereocenters. The Morgan fingerprint density at radius 1 is 1.17 bits per heavy atom. The number of hydrogen-bond donors (Lipinski definition) is 0. The van der Waals surface area contributed by atoms with Crippen molar-refractivity contribution in [3.05, 3.63) is 23.3 Å². The van der Waals surface area contributed by atoms with Crippen LogP contribution in [0.25, 0.3) is 0 Å². The third-order valence-corrected chi connectivity index (χ3v) is 3.49. The molecule has 0 aromatic heterocycles. The fraction of sp³-hybridized carbons (Fsp3) is 0.538. The standard InChI is InChI=1S/C13H19NO2.BrH.H2O/c1-9-11-8-13(16-4)12(15-3)7-10(11)5-6-14(9)2;;/h7-9H,5-6H2,1-4H3;1H;1H2. The van der Waals surface area contributed by atoms with Gasteiger partial charge in [0.05, 0.1) is 14.2 Å². The van der Waals surface area contributed by atoms with Crippen molar-refractivity contribution in [1.82, 2.24) is 4.90 Å². The van der Waals surface area contributed by atoms with Crippen molar-refractivity contribution in [2.24, 2.45) is 0 Å². The second-order valence-electron chi connectivity index (χ2n) is 4.31. The summed E-state index contributed by atoms with van der Waals surface area (Å²) in [6.07, 6.45) is 1.08. The molecule has 1 aliphatic heterocycles. The van der Waals surface area contributed by atoms with E-state index in [9.17, 15) is 0 Å². The van der Waals surface area contributed by atoms with Crippen LogP contribution in [-0.2, 0) is 6.42 Å². The Kier molecular flexibility index (Phi) is 6.67. The highest BCUT2D eigenvalue weighted by molar-refractivity contribution is 8.93. The summed E-state index contributed by atoms with van der Waals surface area (Å²) < 4.78 is 10.7. The molecule has 1 aromatic carbocycles. The van der Waals surface area contributed by atoms with Gasteiger partial charge in [-0.15, -0.1) is 17.0 Å². The molecule has 0 bridgehead atoms. The van der Waals surface area contributed by atoms with Gasteiger partial charge in [-0.25, -0.2) is 0 Å². The number of rotatable bonds is 2. The lowest BCUT2D eigenvalue weighted by molar-refractivity contribution is 0.245. The highest BCUT2D eigenvalue weighted by Crippen LogP contribution is 2.37. The quantitative estimate of drug-likeness (QED) is 0.837. The molecule has 1 heterocycles. The Morgan fingerprint density at radius 3 is 2.28 bits per heavy atom. The molecule has 0 aliphatic carbocycles. The van der Waals surface area contributed by atoms with Gasteiger partial charge in [-0.2, -0.15) is 0 Å². The number of hydrogen-bond acceptors (Lipinski definition) is 3. The molecular weight excluding hydrogens is 298 g/mol. The molecule has 0 spiro atoms. The van der Waals surface area contributed by atoms with E-state index in [4.69, 9.17) is 9.47 Å². The molecule has 1 unspecified atom stereocenters. The van der Waals surface area contributed by atoms with E-state index < -0.39 is 0 Å². The van der Waals surface area contributed by atoms with E-state index >= 15 is 0 Å². The summed E-state index contributed by atoms with van der Waals surface area (Å²) in [5, 5.41) is 0. The lowest BCUT2D eigenvalue weighted by atomic mass is 9.93. The molecule has 0 fully saturated rings. The maximum Gasteiger partial charge on any atom is 0.161 e. The molecule has 0 amide bonds. The summed E-state index contributed by atoms with van der Waals surface area (Å²) in [6, 6.07) is 4.66. The van der Waals surface area contributed by atoms with Crippen LogP contribution in [0.15, 0.2) is 12.1 Å². The summed E-state index contributed by atoms with van der Waals surface area (Å²) in [5.74, 6) is 1.65. The summed E-state index contributed by atoms with van der Waals surface area (Å²) in [6.45, 7) is 3.33. The van der Waals surface area contributed by atoms with Crippen molar-refractivity contribution in [3.63, 3.8) is 0 Å². The predicted molar refractivity (Wildman–Crippen MR) is 78.2 cm³/mol. The summed E-state index contributed by atoms with van der Waals surface area (Å²) in [7, 11) is 5.52. The first-order chi connectivity index (χ1) is 7.67. The zero-order valence-electron chi connectivity index (χ0n) is 11.3. The van der Waals surface area contributed by atoms with Gasteiger partial charge in [0.1, 0.15) is 0 Å². The topological polar surface area (TPSA) is 53.2 Å². The van der Waals surface area contributed by atoms with Gasteiger partial charge in [-0.3, -0.25) is 4.90 Å². The van der Waals surface area contributed by atoms with Crippen molar-refractivity contribution in [2.45, 2.75) is 19.4 Å². The van der Waals surface area contributed by atoms with Crippen LogP contribution >= 0.6 is 17.0 Å². The lowest BCUT2D eigenvalue weighted by Gasteiger charge is -2.32. The van der Waals surface area contributed by atoms with Gasteiger partial charge in [-0.05, 0) is 43.7 Å². The molecule has 5 heteroatoms. The molecule has 1 aliphatic rings. The summed E-state index contributed by atoms with van der Waals surface area (Å²) in [4.78, 5) is 2.36. The van der Waals surface area contributed by atoms with E-state index in [0.717, 1.165) is 24.5 Å². The largest absolute Gasteiger partial charge is 0.493 e. The Morgan fingerprint density at radius 2 is 1.72 bits per heavy atom. The second kappa shape index (κ2) is 6.97. The monoisotopic (exact) mass is 319 g/mol. The van der Waals surface area contributed by atoms with E-state index in [-0.39, 0.29) is 22.5 Å². The second-order valence-corrected chi connectivity index (χ2v) is 4.31. The average molecular weight is 320 g/mol. The number of likely N-dealkylation sites (N-methyl/N-ethyl adjacent to an activating group) is 1. The highest BCUT2D eigenvalue weighted by Gasteiger charge is 2.23. The van der Waals surface area contributed by atoms with Crippen LogP contribution in [0.1, 0.15) is 24.1 Å². The molecule has 2 rings (SSSR count). The van der Waals surface area contributed by atoms with Crippen molar-refractivity contribution >= 4 is 17.0 Å². The maximum atomic E-state index is 5.34. The fourth-order valence-corrected chi connectivity index (χ4v) is 2.27. The number of fused-ring (bicyclic) bond motifs is 1. The third kappa shape index (κ3) is 2.96. The van der Waals surface area contributed by atoms with E-state index in [1.165, 1.54) is 11.1 Å². The highest BCUT2D eigenvalue weighted by atomic mass is 79.9. The van der Waals surface area contributed by atoms with Crippen LogP contribution in [0.2, 0.25) is 0 Å². The lowest BCUT2D eigenvalue weighted by Crippen LogP contribution is -2.30. The van der Waals surface area contributed by atoms with Crippen LogP contribution in [-0.4, -0.2) is 38.2 Å². The predicted octanol–water partition coefficient (Wildman–Crippen LogP) is 2.01. The molecular formula is C13H22BrNO3. The van der Waals surface area contributed by atoms with E-state index in [2.05, 4.69) is 31.0 Å². The van der Waals surface area contributed by atoms with Crippen molar-refractivity contribution in [3.8, 4) is 11.5 Å². The SMILES string of the molecule is Br.COc1cc2c(cc1OC)C(C)N(C)CC2.O. The number of ether oxygens (including phenoxy) is 2. The van der Waals surface area contributed by atoms with Gasteiger partial charge < -0.3 is 14.9 Å². The van der Waals surface area contributed by atoms with Gasteiger partial charge in [0, 0.05) is 12.6 Å². The van der Waals surface area contributed by atoms with Gasteiger partial charge in [-0.1, -0.05) is 0 Å². The smallest absolute Gasteiger partial charge is 0.161 e. The van der Waals surface area contributed by atoms with E-state index in [0.29, 0.717) is 6.04 Å². The van der Waals surface area contributed by atoms with E-state index in [1.54, 1.807) is 14.2 Å². The minimum atomic E-state index is 0. The Labute approximate surface area is 119 Å². The van der Waals surface area contributed by atoms with E-state index in [1.807, 2.05) is 0 Å². The van der Waals surface area contributed by atoms with Gasteiger partial charge in [0.25, 0.3) is 0 Å². The molecule has 0 saturated carbocycles. The molecule has 104 valence electrons. The molecule has 2 N–H and O–H groups in total. The van der Waals surface area contributed by atoms with Gasteiger partial charge >= 0.3 is 0 Å². The normalized spacial score (nSPS) is 18.1. The first-order valence-electron chi connectivity index (χ1n) is 5.62. The third-order valence-electron chi connectivity index (χ3n) is 3.49. The molecule has 18 heavy (non-hydrogen) atoms. The number of halogens is 1. The Bertz CT molecular complexity index is 398. The molecule has 0 radical (unpaired) electrons. The molecule has 0 saturated heterocycles. The molecule has 4 nitrogen and oxygen atoms in total. The first-order valence-corrected chi connectivity index (χ1v) is 5.62. The Balaban J connectivity index is 0.00000144. The fourth-order valence-electron chi connectivity index (χ4n) is 2.27.